The molecule has 128 valence electrons. The molecule has 8 nitrogen and oxygen atoms in total. The van der Waals surface area contributed by atoms with Crippen LogP contribution < -0.4 is 5.32 Å². The zero-order valence-electron chi connectivity index (χ0n) is 13.2. The number of thioether (sulfide) groups is 1. The third kappa shape index (κ3) is 7.42. The molecule has 1 N–H and O–H groups in total. The molecule has 1 heterocycles. The predicted octanol–water partition coefficient (Wildman–Crippen LogP) is 1.86. The number of carbonyl (C=O) groups is 3. The van der Waals surface area contributed by atoms with Crippen molar-refractivity contribution in [1.82, 2.24) is 10.2 Å². The van der Waals surface area contributed by atoms with Crippen LogP contribution in [0.5, 0.6) is 0 Å². The van der Waals surface area contributed by atoms with Crippen molar-refractivity contribution in [3.8, 4) is 0 Å². The topological polar surface area (TPSA) is 107 Å². The van der Waals surface area contributed by atoms with Crippen LogP contribution >= 0.6 is 23.1 Å². The first-order chi connectivity index (χ1) is 11.0. The summed E-state index contributed by atoms with van der Waals surface area (Å²) in [4.78, 5) is 34.4. The van der Waals surface area contributed by atoms with E-state index in [0.29, 0.717) is 16.1 Å². The van der Waals surface area contributed by atoms with Gasteiger partial charge in [-0.15, -0.1) is 10.2 Å². The Labute approximate surface area is 142 Å². The zero-order chi connectivity index (χ0) is 17.2. The lowest BCUT2D eigenvalue weighted by Crippen LogP contribution is -2.16. The van der Waals surface area contributed by atoms with E-state index < -0.39 is 11.2 Å². The van der Waals surface area contributed by atoms with Gasteiger partial charge in [0.15, 0.2) is 4.34 Å². The average molecular weight is 361 g/mol. The Morgan fingerprint density at radius 1 is 1.17 bits per heavy atom. The van der Waals surface area contributed by atoms with E-state index in [1.54, 1.807) is 20.8 Å². The molecule has 0 aromatic carbocycles. The van der Waals surface area contributed by atoms with Crippen molar-refractivity contribution in [3.05, 3.63) is 0 Å². The van der Waals surface area contributed by atoms with E-state index in [1.165, 1.54) is 11.8 Å². The van der Waals surface area contributed by atoms with Gasteiger partial charge in [-0.3, -0.25) is 14.4 Å². The summed E-state index contributed by atoms with van der Waals surface area (Å²) in [5.41, 5.74) is 0. The fraction of sp³-hybridized carbons (Fsp3) is 0.615. The van der Waals surface area contributed by atoms with Crippen molar-refractivity contribution >= 4 is 46.1 Å². The molecular formula is C13H19N3O5S2. The third-order valence-electron chi connectivity index (χ3n) is 2.41. The van der Waals surface area contributed by atoms with E-state index in [2.05, 4.69) is 15.5 Å². The minimum absolute atomic E-state index is 0.0139. The van der Waals surface area contributed by atoms with Crippen molar-refractivity contribution in [2.45, 2.75) is 43.2 Å². The van der Waals surface area contributed by atoms with Gasteiger partial charge < -0.3 is 14.8 Å². The van der Waals surface area contributed by atoms with Crippen molar-refractivity contribution in [2.75, 3.05) is 18.5 Å². The van der Waals surface area contributed by atoms with Crippen LogP contribution in [0.3, 0.4) is 0 Å². The second kappa shape index (κ2) is 10.2. The molecule has 1 atom stereocenters. The molecular weight excluding hydrogens is 342 g/mol. The van der Waals surface area contributed by atoms with Crippen LogP contribution in [-0.2, 0) is 23.9 Å². The van der Waals surface area contributed by atoms with Crippen LogP contribution in [0, 0.1) is 0 Å². The Morgan fingerprint density at radius 3 is 2.52 bits per heavy atom. The van der Waals surface area contributed by atoms with Crippen LogP contribution in [-0.4, -0.2) is 46.5 Å². The summed E-state index contributed by atoms with van der Waals surface area (Å²) in [6.07, 6.45) is 0.0279. The maximum Gasteiger partial charge on any atom is 0.319 e. The summed E-state index contributed by atoms with van der Waals surface area (Å²) in [5.74, 6) is -1.09. The van der Waals surface area contributed by atoms with Gasteiger partial charge in [-0.25, -0.2) is 0 Å². The Hall–Kier alpha value is -1.68. The lowest BCUT2D eigenvalue weighted by molar-refractivity contribution is -0.144. The van der Waals surface area contributed by atoms with Gasteiger partial charge in [0.2, 0.25) is 11.0 Å². The number of amides is 1. The second-order valence-corrected chi connectivity index (χ2v) is 6.80. The summed E-state index contributed by atoms with van der Waals surface area (Å²) in [6.45, 7) is 5.76. The second-order valence-electron chi connectivity index (χ2n) is 4.24. The molecule has 0 aliphatic heterocycles. The Morgan fingerprint density at radius 2 is 1.87 bits per heavy atom. The lowest BCUT2D eigenvalue weighted by Gasteiger charge is -2.06. The molecule has 0 radical (unpaired) electrons. The van der Waals surface area contributed by atoms with E-state index in [-0.39, 0.29) is 31.3 Å². The number of hydrogen-bond acceptors (Lipinski definition) is 9. The molecule has 0 aliphatic rings. The maximum atomic E-state index is 11.7. The number of rotatable bonds is 9. The molecule has 1 aromatic heterocycles. The van der Waals surface area contributed by atoms with Gasteiger partial charge in [0.1, 0.15) is 5.25 Å². The first kappa shape index (κ1) is 19.4. The first-order valence-electron chi connectivity index (χ1n) is 7.08. The summed E-state index contributed by atoms with van der Waals surface area (Å²) < 4.78 is 10.2. The molecule has 10 heteroatoms. The number of hydrogen-bond donors (Lipinski definition) is 1. The van der Waals surface area contributed by atoms with Crippen molar-refractivity contribution in [3.63, 3.8) is 0 Å². The Kier molecular flexibility index (Phi) is 8.56. The highest BCUT2D eigenvalue weighted by molar-refractivity contribution is 8.02. The highest BCUT2D eigenvalue weighted by atomic mass is 32.2. The quantitative estimate of drug-likeness (QED) is 0.403. The summed E-state index contributed by atoms with van der Waals surface area (Å²) in [5, 5.41) is 10.2. The zero-order valence-corrected chi connectivity index (χ0v) is 14.8. The van der Waals surface area contributed by atoms with Gasteiger partial charge in [-0.05, 0) is 20.8 Å². The van der Waals surface area contributed by atoms with Crippen LogP contribution in [0.15, 0.2) is 4.34 Å². The monoisotopic (exact) mass is 361 g/mol. The molecule has 1 amide bonds. The van der Waals surface area contributed by atoms with E-state index in [9.17, 15) is 14.4 Å². The number of carbonyl (C=O) groups excluding carboxylic acids is 3. The van der Waals surface area contributed by atoms with Crippen molar-refractivity contribution < 1.29 is 23.9 Å². The average Bonchev–Trinajstić information content (AvgIpc) is 2.92. The largest absolute Gasteiger partial charge is 0.466 e. The predicted molar refractivity (Wildman–Crippen MR) is 86.4 cm³/mol. The maximum absolute atomic E-state index is 11.7. The van der Waals surface area contributed by atoms with E-state index in [4.69, 9.17) is 9.47 Å². The van der Waals surface area contributed by atoms with Crippen molar-refractivity contribution in [2.24, 2.45) is 0 Å². The highest BCUT2D eigenvalue weighted by Crippen LogP contribution is 2.29. The molecule has 0 saturated carbocycles. The van der Waals surface area contributed by atoms with Gasteiger partial charge >= 0.3 is 11.9 Å². The minimum Gasteiger partial charge on any atom is -0.466 e. The summed E-state index contributed by atoms with van der Waals surface area (Å²) in [6, 6.07) is 0. The summed E-state index contributed by atoms with van der Waals surface area (Å²) in [7, 11) is 0. The Balaban J connectivity index is 2.42. The van der Waals surface area contributed by atoms with Gasteiger partial charge in [0.05, 0.1) is 19.6 Å². The first-order valence-corrected chi connectivity index (χ1v) is 8.78. The number of anilines is 1. The van der Waals surface area contributed by atoms with Gasteiger partial charge in [-0.2, -0.15) is 0 Å². The lowest BCUT2D eigenvalue weighted by atomic mass is 10.3. The van der Waals surface area contributed by atoms with E-state index >= 15 is 0 Å². The number of aromatic nitrogens is 2. The van der Waals surface area contributed by atoms with Crippen LogP contribution in [0.4, 0.5) is 5.13 Å². The van der Waals surface area contributed by atoms with Gasteiger partial charge in [0.25, 0.3) is 0 Å². The van der Waals surface area contributed by atoms with Crippen LogP contribution in [0.25, 0.3) is 0 Å². The van der Waals surface area contributed by atoms with E-state index in [0.717, 1.165) is 11.3 Å². The number of esters is 2. The Bertz CT molecular complexity index is 549. The van der Waals surface area contributed by atoms with Gasteiger partial charge in [0, 0.05) is 6.42 Å². The third-order valence-corrected chi connectivity index (χ3v) is 4.41. The SMILES string of the molecule is CCOC(=O)CCC(=O)Nc1nnc(S[C@H](C)C(=O)OCC)s1. The van der Waals surface area contributed by atoms with Crippen molar-refractivity contribution in [1.29, 1.82) is 0 Å². The highest BCUT2D eigenvalue weighted by Gasteiger charge is 2.18. The smallest absolute Gasteiger partial charge is 0.319 e. The standard InChI is InChI=1S/C13H19N3O5S2/c1-4-20-10(18)7-6-9(17)14-12-15-16-13(23-12)22-8(3)11(19)21-5-2/h8H,4-7H2,1-3H3,(H,14,15,17)/t8-/m1/s1. The van der Waals surface area contributed by atoms with E-state index in [1.807, 2.05) is 0 Å². The number of nitrogens with zero attached hydrogens (tertiary/aromatic N) is 2. The number of ether oxygens (including phenoxy) is 2. The molecule has 0 fully saturated rings. The molecule has 1 rings (SSSR count). The number of nitrogens with one attached hydrogen (secondary N) is 1. The molecule has 1 aromatic rings. The molecule has 0 unspecified atom stereocenters. The fourth-order valence-corrected chi connectivity index (χ4v) is 3.31. The summed E-state index contributed by atoms with van der Waals surface area (Å²) >= 11 is 2.36. The molecule has 0 spiro atoms. The van der Waals surface area contributed by atoms with Gasteiger partial charge in [-0.1, -0.05) is 23.1 Å². The molecule has 23 heavy (non-hydrogen) atoms. The van der Waals surface area contributed by atoms with Crippen LogP contribution in [0.1, 0.15) is 33.6 Å². The minimum atomic E-state index is -0.417. The van der Waals surface area contributed by atoms with Crippen LogP contribution in [0.2, 0.25) is 0 Å². The molecule has 0 bridgehead atoms. The molecule has 0 saturated heterocycles. The normalized spacial score (nSPS) is 11.6. The fourth-order valence-electron chi connectivity index (χ4n) is 1.40. The molecule has 0 aliphatic carbocycles.